The maximum atomic E-state index is 12.3. The molecule has 0 saturated heterocycles. The zero-order valence-electron chi connectivity index (χ0n) is 15.1. The Balaban J connectivity index is 1.60. The molecular weight excluding hydrogens is 360 g/mol. The minimum absolute atomic E-state index is 0.0433. The highest BCUT2D eigenvalue weighted by atomic mass is 16.6. The Labute approximate surface area is 161 Å². The summed E-state index contributed by atoms with van der Waals surface area (Å²) in [5.74, 6) is 0.968. The first-order valence-corrected chi connectivity index (χ1v) is 8.57. The molecule has 0 unspecified atom stereocenters. The SMILES string of the molecule is C[C@@H](Oc1ccccc1[N+](=O)[O-])C(=O)Nc1ccc(Oc2ccccc2)cc1. The van der Waals surface area contributed by atoms with Crippen molar-refractivity contribution in [3.05, 3.63) is 89.0 Å². The van der Waals surface area contributed by atoms with Crippen molar-refractivity contribution in [2.45, 2.75) is 13.0 Å². The van der Waals surface area contributed by atoms with E-state index >= 15 is 0 Å². The van der Waals surface area contributed by atoms with Gasteiger partial charge < -0.3 is 14.8 Å². The van der Waals surface area contributed by atoms with Crippen LogP contribution >= 0.6 is 0 Å². The quantitative estimate of drug-likeness (QED) is 0.471. The molecule has 0 fully saturated rings. The molecule has 0 heterocycles. The van der Waals surface area contributed by atoms with Gasteiger partial charge in [-0.2, -0.15) is 0 Å². The number of anilines is 1. The number of carbonyl (C=O) groups excluding carboxylic acids is 1. The lowest BCUT2D eigenvalue weighted by Gasteiger charge is -2.15. The Bertz CT molecular complexity index is 958. The van der Waals surface area contributed by atoms with Gasteiger partial charge >= 0.3 is 5.69 Å². The summed E-state index contributed by atoms with van der Waals surface area (Å²) < 4.78 is 11.2. The summed E-state index contributed by atoms with van der Waals surface area (Å²) in [6.45, 7) is 1.53. The van der Waals surface area contributed by atoms with E-state index in [0.29, 0.717) is 17.2 Å². The van der Waals surface area contributed by atoms with Gasteiger partial charge in [-0.3, -0.25) is 14.9 Å². The van der Waals surface area contributed by atoms with Gasteiger partial charge in [-0.15, -0.1) is 0 Å². The monoisotopic (exact) mass is 378 g/mol. The molecule has 142 valence electrons. The van der Waals surface area contributed by atoms with E-state index in [0.717, 1.165) is 0 Å². The number of rotatable bonds is 7. The predicted molar refractivity (Wildman–Crippen MR) is 105 cm³/mol. The fourth-order valence-electron chi connectivity index (χ4n) is 2.43. The van der Waals surface area contributed by atoms with Crippen LogP contribution in [-0.2, 0) is 4.79 Å². The molecule has 0 aliphatic rings. The molecule has 0 saturated carbocycles. The smallest absolute Gasteiger partial charge is 0.310 e. The maximum absolute atomic E-state index is 12.3. The fourth-order valence-corrected chi connectivity index (χ4v) is 2.43. The van der Waals surface area contributed by atoms with Crippen LogP contribution in [0.1, 0.15) is 6.92 Å². The molecule has 0 radical (unpaired) electrons. The molecule has 3 aromatic carbocycles. The second-order valence-corrected chi connectivity index (χ2v) is 5.91. The predicted octanol–water partition coefficient (Wildman–Crippen LogP) is 4.79. The first-order chi connectivity index (χ1) is 13.5. The van der Waals surface area contributed by atoms with Crippen LogP contribution < -0.4 is 14.8 Å². The van der Waals surface area contributed by atoms with E-state index in [-0.39, 0.29) is 11.4 Å². The van der Waals surface area contributed by atoms with Crippen LogP contribution in [0.4, 0.5) is 11.4 Å². The largest absolute Gasteiger partial charge is 0.474 e. The molecule has 1 atom stereocenters. The third-order valence-corrected chi connectivity index (χ3v) is 3.84. The number of para-hydroxylation sites is 3. The number of nitrogens with one attached hydrogen (secondary N) is 1. The normalized spacial score (nSPS) is 11.3. The zero-order chi connectivity index (χ0) is 19.9. The van der Waals surface area contributed by atoms with Crippen molar-refractivity contribution >= 4 is 17.3 Å². The van der Waals surface area contributed by atoms with Crippen LogP contribution in [0.15, 0.2) is 78.9 Å². The minimum Gasteiger partial charge on any atom is -0.474 e. The van der Waals surface area contributed by atoms with Gasteiger partial charge in [-0.05, 0) is 49.4 Å². The van der Waals surface area contributed by atoms with E-state index in [2.05, 4.69) is 5.32 Å². The van der Waals surface area contributed by atoms with E-state index in [1.165, 1.54) is 25.1 Å². The highest BCUT2D eigenvalue weighted by Gasteiger charge is 2.20. The summed E-state index contributed by atoms with van der Waals surface area (Å²) in [6.07, 6.45) is -0.915. The summed E-state index contributed by atoms with van der Waals surface area (Å²) >= 11 is 0. The molecule has 1 N–H and O–H groups in total. The number of benzene rings is 3. The highest BCUT2D eigenvalue weighted by Crippen LogP contribution is 2.27. The standard InChI is InChI=1S/C21H18N2O5/c1-15(27-20-10-6-5-9-19(20)23(25)26)21(24)22-16-11-13-18(14-12-16)28-17-7-3-2-4-8-17/h2-15H,1H3,(H,22,24)/t15-/m1/s1. The Morgan fingerprint density at radius 3 is 2.21 bits per heavy atom. The lowest BCUT2D eigenvalue weighted by atomic mass is 10.2. The van der Waals surface area contributed by atoms with Crippen LogP contribution in [0.25, 0.3) is 0 Å². The number of nitro benzene ring substituents is 1. The number of hydrogen-bond acceptors (Lipinski definition) is 5. The van der Waals surface area contributed by atoms with E-state index in [1.54, 1.807) is 30.3 Å². The second kappa shape index (κ2) is 8.68. The van der Waals surface area contributed by atoms with Crippen LogP contribution in [0.5, 0.6) is 17.2 Å². The lowest BCUT2D eigenvalue weighted by molar-refractivity contribution is -0.386. The fraction of sp³-hybridized carbons (Fsp3) is 0.0952. The molecule has 3 aromatic rings. The number of ether oxygens (including phenoxy) is 2. The molecule has 0 aliphatic heterocycles. The average Bonchev–Trinajstić information content (AvgIpc) is 2.70. The van der Waals surface area contributed by atoms with Crippen molar-refractivity contribution in [2.24, 2.45) is 0 Å². The summed E-state index contributed by atoms with van der Waals surface area (Å²) in [6, 6.07) is 22.1. The molecule has 0 bridgehead atoms. The van der Waals surface area contributed by atoms with Gasteiger partial charge in [0, 0.05) is 11.8 Å². The van der Waals surface area contributed by atoms with E-state index in [4.69, 9.17) is 9.47 Å². The van der Waals surface area contributed by atoms with Crippen molar-refractivity contribution in [1.82, 2.24) is 0 Å². The Hall–Kier alpha value is -3.87. The van der Waals surface area contributed by atoms with Crippen molar-refractivity contribution < 1.29 is 19.2 Å². The summed E-state index contributed by atoms with van der Waals surface area (Å²) in [7, 11) is 0. The summed E-state index contributed by atoms with van der Waals surface area (Å²) in [5.41, 5.74) is 0.369. The van der Waals surface area contributed by atoms with Crippen molar-refractivity contribution in [3.63, 3.8) is 0 Å². The van der Waals surface area contributed by atoms with Crippen molar-refractivity contribution in [1.29, 1.82) is 0 Å². The third-order valence-electron chi connectivity index (χ3n) is 3.84. The average molecular weight is 378 g/mol. The van der Waals surface area contributed by atoms with Gasteiger partial charge in [0.15, 0.2) is 11.9 Å². The molecule has 0 spiro atoms. The molecule has 1 amide bonds. The third kappa shape index (κ3) is 4.85. The maximum Gasteiger partial charge on any atom is 0.310 e. The van der Waals surface area contributed by atoms with Gasteiger partial charge in [0.05, 0.1) is 4.92 Å². The van der Waals surface area contributed by atoms with Crippen LogP contribution in [-0.4, -0.2) is 16.9 Å². The topological polar surface area (TPSA) is 90.7 Å². The summed E-state index contributed by atoms with van der Waals surface area (Å²) in [4.78, 5) is 22.8. The molecule has 0 aliphatic carbocycles. The molecule has 3 rings (SSSR count). The van der Waals surface area contributed by atoms with E-state index in [9.17, 15) is 14.9 Å². The van der Waals surface area contributed by atoms with Crippen molar-refractivity contribution in [2.75, 3.05) is 5.32 Å². The number of carbonyl (C=O) groups is 1. The van der Waals surface area contributed by atoms with Crippen LogP contribution in [0, 0.1) is 10.1 Å². The minimum atomic E-state index is -0.915. The highest BCUT2D eigenvalue weighted by molar-refractivity contribution is 5.94. The number of amides is 1. The second-order valence-electron chi connectivity index (χ2n) is 5.91. The zero-order valence-corrected chi connectivity index (χ0v) is 15.1. The van der Waals surface area contributed by atoms with Gasteiger partial charge in [0.25, 0.3) is 5.91 Å². The van der Waals surface area contributed by atoms with E-state index < -0.39 is 16.9 Å². The van der Waals surface area contributed by atoms with Gasteiger partial charge in [-0.1, -0.05) is 30.3 Å². The number of hydrogen-bond donors (Lipinski definition) is 1. The van der Waals surface area contributed by atoms with Gasteiger partial charge in [-0.25, -0.2) is 0 Å². The van der Waals surface area contributed by atoms with Crippen molar-refractivity contribution in [3.8, 4) is 17.2 Å². The Morgan fingerprint density at radius 2 is 1.54 bits per heavy atom. The van der Waals surface area contributed by atoms with Crippen LogP contribution in [0.2, 0.25) is 0 Å². The van der Waals surface area contributed by atoms with Gasteiger partial charge in [0.2, 0.25) is 0 Å². The molecule has 28 heavy (non-hydrogen) atoms. The Morgan fingerprint density at radius 1 is 0.929 bits per heavy atom. The Kier molecular flexibility index (Phi) is 5.86. The summed E-state index contributed by atoms with van der Waals surface area (Å²) in [5, 5.41) is 13.8. The number of nitro groups is 1. The molecule has 7 nitrogen and oxygen atoms in total. The first kappa shape index (κ1) is 18.9. The molecular formula is C21H18N2O5. The van der Waals surface area contributed by atoms with E-state index in [1.807, 2.05) is 30.3 Å². The van der Waals surface area contributed by atoms with Gasteiger partial charge in [0.1, 0.15) is 11.5 Å². The first-order valence-electron chi connectivity index (χ1n) is 8.57. The van der Waals surface area contributed by atoms with Crippen LogP contribution in [0.3, 0.4) is 0 Å². The lowest BCUT2D eigenvalue weighted by Crippen LogP contribution is -2.30. The molecule has 0 aromatic heterocycles. The molecule has 7 heteroatoms. The number of nitrogens with zero attached hydrogens (tertiary/aromatic N) is 1.